The summed E-state index contributed by atoms with van der Waals surface area (Å²) in [6, 6.07) is 0. The van der Waals surface area contributed by atoms with E-state index in [9.17, 15) is 9.59 Å². The van der Waals surface area contributed by atoms with Crippen LogP contribution in [0.15, 0.2) is 12.2 Å². The van der Waals surface area contributed by atoms with Crippen molar-refractivity contribution in [2.45, 2.75) is 19.3 Å². The van der Waals surface area contributed by atoms with Crippen molar-refractivity contribution in [3.05, 3.63) is 12.2 Å². The minimum absolute atomic E-state index is 0.169. The Hall–Kier alpha value is -1.12. The molecule has 0 amide bonds. The van der Waals surface area contributed by atoms with Crippen LogP contribution in [0.3, 0.4) is 0 Å². The van der Waals surface area contributed by atoms with E-state index in [1.54, 1.807) is 0 Å². The Morgan fingerprint density at radius 1 is 1.45 bits per heavy atom. The lowest BCUT2D eigenvalue weighted by Gasteiger charge is -1.88. The third kappa shape index (κ3) is 2.98. The van der Waals surface area contributed by atoms with Gasteiger partial charge in [0.2, 0.25) is 0 Å². The molecular formula is C8H10O3. The third-order valence-corrected chi connectivity index (χ3v) is 1.61. The Kier molecular flexibility index (Phi) is 2.41. The number of carbonyl (C=O) groups excluding carboxylic acids is 1. The molecule has 0 aromatic carbocycles. The zero-order valence-electron chi connectivity index (χ0n) is 6.12. The molecule has 0 aromatic heterocycles. The first-order valence-corrected chi connectivity index (χ1v) is 3.62. The van der Waals surface area contributed by atoms with Gasteiger partial charge in [0.15, 0.2) is 0 Å². The van der Waals surface area contributed by atoms with Crippen LogP contribution in [-0.4, -0.2) is 16.9 Å². The largest absolute Gasteiger partial charge is 0.478 e. The molecule has 0 radical (unpaired) electrons. The molecule has 0 aliphatic heterocycles. The van der Waals surface area contributed by atoms with Gasteiger partial charge in [-0.1, -0.05) is 6.08 Å². The van der Waals surface area contributed by atoms with Crippen LogP contribution in [0.2, 0.25) is 0 Å². The third-order valence-electron chi connectivity index (χ3n) is 1.61. The lowest BCUT2D eigenvalue weighted by molar-refractivity contribution is -0.131. The second-order valence-electron chi connectivity index (χ2n) is 2.69. The fourth-order valence-corrected chi connectivity index (χ4v) is 0.848. The number of carboxylic acid groups (broad SMARTS) is 1. The first-order valence-electron chi connectivity index (χ1n) is 3.62. The van der Waals surface area contributed by atoms with Gasteiger partial charge in [-0.05, 0) is 12.8 Å². The minimum atomic E-state index is -0.992. The first kappa shape index (κ1) is 7.98. The highest BCUT2D eigenvalue weighted by Crippen LogP contribution is 2.30. The van der Waals surface area contributed by atoms with Crippen molar-refractivity contribution < 1.29 is 14.7 Å². The van der Waals surface area contributed by atoms with E-state index >= 15 is 0 Å². The van der Waals surface area contributed by atoms with E-state index in [4.69, 9.17) is 5.11 Å². The number of ketones is 1. The van der Waals surface area contributed by atoms with Gasteiger partial charge in [0, 0.05) is 18.4 Å². The summed E-state index contributed by atoms with van der Waals surface area (Å²) < 4.78 is 0. The molecule has 3 nitrogen and oxygen atoms in total. The molecule has 1 aliphatic carbocycles. The Bertz CT molecular complexity index is 201. The maximum atomic E-state index is 10.9. The van der Waals surface area contributed by atoms with E-state index in [2.05, 4.69) is 0 Å². The fourth-order valence-electron chi connectivity index (χ4n) is 0.848. The summed E-state index contributed by atoms with van der Waals surface area (Å²) in [7, 11) is 0. The smallest absolute Gasteiger partial charge is 0.327 e. The van der Waals surface area contributed by atoms with Gasteiger partial charge in [-0.15, -0.1) is 0 Å². The number of aliphatic carboxylic acids is 1. The van der Waals surface area contributed by atoms with Crippen LogP contribution in [-0.2, 0) is 9.59 Å². The summed E-state index contributed by atoms with van der Waals surface area (Å²) >= 11 is 0. The summed E-state index contributed by atoms with van der Waals surface area (Å²) in [4.78, 5) is 20.9. The van der Waals surface area contributed by atoms with Gasteiger partial charge in [-0.2, -0.15) is 0 Å². The molecule has 3 heteroatoms. The van der Waals surface area contributed by atoms with Crippen molar-refractivity contribution in [3.8, 4) is 0 Å². The predicted octanol–water partition coefficient (Wildman–Crippen LogP) is 0.996. The summed E-state index contributed by atoms with van der Waals surface area (Å²) in [6.07, 6.45) is 4.67. The van der Waals surface area contributed by atoms with Crippen LogP contribution < -0.4 is 0 Å². The van der Waals surface area contributed by atoms with Gasteiger partial charge >= 0.3 is 5.97 Å². The van der Waals surface area contributed by atoms with E-state index in [1.807, 2.05) is 0 Å². The second kappa shape index (κ2) is 3.32. The highest BCUT2D eigenvalue weighted by atomic mass is 16.4. The van der Waals surface area contributed by atoms with Gasteiger partial charge in [-0.3, -0.25) is 4.79 Å². The number of hydrogen-bond donors (Lipinski definition) is 1. The topological polar surface area (TPSA) is 54.4 Å². The number of Topliss-reactive ketones (excluding diaryl/α,β-unsaturated/α-hetero) is 1. The molecule has 1 aliphatic rings. The SMILES string of the molecule is O=C(O)/C=C/CC(=O)C1CC1. The Balaban J connectivity index is 2.20. The Labute approximate surface area is 64.7 Å². The van der Waals surface area contributed by atoms with E-state index in [0.717, 1.165) is 18.9 Å². The maximum Gasteiger partial charge on any atom is 0.327 e. The molecule has 60 valence electrons. The molecule has 0 spiro atoms. The number of carbonyl (C=O) groups is 2. The number of allylic oxidation sites excluding steroid dienone is 1. The summed E-state index contributed by atoms with van der Waals surface area (Å²) in [5, 5.41) is 8.18. The molecule has 1 rings (SSSR count). The van der Waals surface area contributed by atoms with E-state index in [0.29, 0.717) is 0 Å². The molecule has 0 unspecified atom stereocenters. The number of hydrogen-bond acceptors (Lipinski definition) is 2. The zero-order valence-corrected chi connectivity index (χ0v) is 6.12. The average Bonchev–Trinajstić information content (AvgIpc) is 2.66. The lowest BCUT2D eigenvalue weighted by Crippen LogP contribution is -1.97. The van der Waals surface area contributed by atoms with Gasteiger partial charge in [0.25, 0.3) is 0 Å². The Morgan fingerprint density at radius 2 is 2.09 bits per heavy atom. The van der Waals surface area contributed by atoms with Crippen molar-refractivity contribution in [1.29, 1.82) is 0 Å². The van der Waals surface area contributed by atoms with Gasteiger partial charge < -0.3 is 5.11 Å². The molecule has 1 saturated carbocycles. The second-order valence-corrected chi connectivity index (χ2v) is 2.69. The fraction of sp³-hybridized carbons (Fsp3) is 0.500. The van der Waals surface area contributed by atoms with Crippen LogP contribution >= 0.6 is 0 Å². The molecule has 0 aromatic rings. The molecule has 0 heterocycles. The van der Waals surface area contributed by atoms with Gasteiger partial charge in [-0.25, -0.2) is 4.79 Å². The molecule has 1 N–H and O–H groups in total. The molecule has 1 fully saturated rings. The predicted molar refractivity (Wildman–Crippen MR) is 39.1 cm³/mol. The summed E-state index contributed by atoms with van der Waals surface area (Å²) in [5.74, 6) is -0.593. The molecular weight excluding hydrogens is 144 g/mol. The van der Waals surface area contributed by atoms with Gasteiger partial charge in [0.1, 0.15) is 5.78 Å². The normalized spacial score (nSPS) is 17.1. The summed E-state index contributed by atoms with van der Waals surface area (Å²) in [5.41, 5.74) is 0. The number of rotatable bonds is 4. The highest BCUT2D eigenvalue weighted by Gasteiger charge is 2.27. The van der Waals surface area contributed by atoms with E-state index in [-0.39, 0.29) is 18.1 Å². The molecule has 0 atom stereocenters. The standard InChI is InChI=1S/C8H10O3/c9-7(6-4-5-6)2-1-3-8(10)11/h1,3,6H,2,4-5H2,(H,10,11)/b3-1+. The first-order chi connectivity index (χ1) is 5.20. The number of carboxylic acids is 1. The average molecular weight is 154 g/mol. The van der Waals surface area contributed by atoms with Crippen LogP contribution in [0.1, 0.15) is 19.3 Å². The Morgan fingerprint density at radius 3 is 2.55 bits per heavy atom. The lowest BCUT2D eigenvalue weighted by atomic mass is 10.2. The van der Waals surface area contributed by atoms with E-state index in [1.165, 1.54) is 6.08 Å². The van der Waals surface area contributed by atoms with Crippen molar-refractivity contribution in [1.82, 2.24) is 0 Å². The molecule has 0 bridgehead atoms. The molecule has 0 saturated heterocycles. The van der Waals surface area contributed by atoms with Crippen molar-refractivity contribution in [2.75, 3.05) is 0 Å². The van der Waals surface area contributed by atoms with Crippen LogP contribution in [0.5, 0.6) is 0 Å². The van der Waals surface area contributed by atoms with Crippen LogP contribution in [0, 0.1) is 5.92 Å². The quantitative estimate of drug-likeness (QED) is 0.614. The van der Waals surface area contributed by atoms with Crippen LogP contribution in [0.25, 0.3) is 0 Å². The minimum Gasteiger partial charge on any atom is -0.478 e. The van der Waals surface area contributed by atoms with Gasteiger partial charge in [0.05, 0.1) is 0 Å². The monoisotopic (exact) mass is 154 g/mol. The van der Waals surface area contributed by atoms with E-state index < -0.39 is 5.97 Å². The zero-order chi connectivity index (χ0) is 8.27. The maximum absolute atomic E-state index is 10.9. The molecule has 11 heavy (non-hydrogen) atoms. The summed E-state index contributed by atoms with van der Waals surface area (Å²) in [6.45, 7) is 0. The van der Waals surface area contributed by atoms with Crippen molar-refractivity contribution >= 4 is 11.8 Å². The van der Waals surface area contributed by atoms with Crippen LogP contribution in [0.4, 0.5) is 0 Å². The van der Waals surface area contributed by atoms with Crippen molar-refractivity contribution in [3.63, 3.8) is 0 Å². The highest BCUT2D eigenvalue weighted by molar-refractivity contribution is 5.86. The van der Waals surface area contributed by atoms with Crippen molar-refractivity contribution in [2.24, 2.45) is 5.92 Å².